The lowest BCUT2D eigenvalue weighted by molar-refractivity contribution is -0.385. The number of hydrogen-bond acceptors (Lipinski definition) is 6. The Bertz CT molecular complexity index is 522. The number of rotatable bonds is 9. The van der Waals surface area contributed by atoms with Crippen LogP contribution < -0.4 is 0 Å². The average Bonchev–Trinajstić information content (AvgIpc) is 2.46. The van der Waals surface area contributed by atoms with Crippen LogP contribution in [0, 0.1) is 10.1 Å². The fourth-order valence-electron chi connectivity index (χ4n) is 1.74. The van der Waals surface area contributed by atoms with Gasteiger partial charge in [-0.05, 0) is 19.9 Å². The van der Waals surface area contributed by atoms with Gasteiger partial charge in [-0.3, -0.25) is 19.7 Å². The Balaban J connectivity index is 2.85. The zero-order valence-electron chi connectivity index (χ0n) is 11.9. The minimum atomic E-state index is -1.12. The topological polar surface area (TPSA) is 95.7 Å². The molecule has 7 nitrogen and oxygen atoms in total. The van der Waals surface area contributed by atoms with Gasteiger partial charge in [0.25, 0.3) is 5.69 Å². The summed E-state index contributed by atoms with van der Waals surface area (Å²) < 4.78 is 10.2. The molecule has 1 rings (SSSR count). The number of nitro groups is 1. The molecule has 21 heavy (non-hydrogen) atoms. The van der Waals surface area contributed by atoms with Crippen molar-refractivity contribution < 1.29 is 24.0 Å². The van der Waals surface area contributed by atoms with Crippen molar-refractivity contribution in [2.45, 2.75) is 26.6 Å². The van der Waals surface area contributed by atoms with Crippen LogP contribution >= 0.6 is 0 Å². The average molecular weight is 295 g/mol. The molecule has 7 heteroatoms. The number of carbonyl (C=O) groups excluding carboxylic acids is 2. The highest BCUT2D eigenvalue weighted by molar-refractivity contribution is 6.10. The Morgan fingerprint density at radius 1 is 1.19 bits per heavy atom. The summed E-state index contributed by atoms with van der Waals surface area (Å²) in [6, 6.07) is 5.51. The number of ether oxygens (including phenoxy) is 2. The first-order chi connectivity index (χ1) is 10.0. The first-order valence-electron chi connectivity index (χ1n) is 6.53. The number of hydrogen-bond donors (Lipinski definition) is 0. The summed E-state index contributed by atoms with van der Waals surface area (Å²) >= 11 is 0. The molecular formula is C14H17NO6. The first-order valence-corrected chi connectivity index (χ1v) is 6.53. The number of Topliss-reactive ketones (excluding diaryl/α,β-unsaturated/α-hetero) is 2. The molecule has 0 N–H and O–H groups in total. The highest BCUT2D eigenvalue weighted by Gasteiger charge is 2.26. The zero-order chi connectivity index (χ0) is 15.8. The SMILES string of the molecule is CCOC(OCC)C(=O)CC(=O)c1ccccc1[N+](=O)[O-]. The van der Waals surface area contributed by atoms with Crippen molar-refractivity contribution in [3.63, 3.8) is 0 Å². The standard InChI is InChI=1S/C14H17NO6/c1-3-20-14(21-4-2)13(17)9-12(16)10-7-5-6-8-11(10)15(18)19/h5-8,14H,3-4,9H2,1-2H3. The maximum atomic E-state index is 12.1. The van der Waals surface area contributed by atoms with Crippen molar-refractivity contribution >= 4 is 17.3 Å². The molecule has 0 unspecified atom stereocenters. The molecule has 0 aliphatic carbocycles. The molecule has 0 fully saturated rings. The molecule has 0 amide bonds. The second kappa shape index (κ2) is 8.23. The van der Waals surface area contributed by atoms with Gasteiger partial charge in [0.2, 0.25) is 6.29 Å². The predicted octanol–water partition coefficient (Wildman–Crippen LogP) is 2.14. The van der Waals surface area contributed by atoms with Gasteiger partial charge in [0, 0.05) is 19.3 Å². The van der Waals surface area contributed by atoms with E-state index in [0.29, 0.717) is 0 Å². The van der Waals surface area contributed by atoms with Crippen molar-refractivity contribution in [1.82, 2.24) is 0 Å². The number of nitro benzene ring substituents is 1. The fourth-order valence-corrected chi connectivity index (χ4v) is 1.74. The molecule has 1 aromatic carbocycles. The number of nitrogens with zero attached hydrogens (tertiary/aromatic N) is 1. The first kappa shape index (κ1) is 16.9. The molecule has 0 aromatic heterocycles. The Hall–Kier alpha value is -2.12. The smallest absolute Gasteiger partial charge is 0.280 e. The van der Waals surface area contributed by atoms with Gasteiger partial charge in [-0.15, -0.1) is 0 Å². The summed E-state index contributed by atoms with van der Waals surface area (Å²) in [5.74, 6) is -1.18. The Morgan fingerprint density at radius 3 is 2.29 bits per heavy atom. The molecule has 0 bridgehead atoms. The van der Waals surface area contributed by atoms with Crippen molar-refractivity contribution in [3.8, 4) is 0 Å². The van der Waals surface area contributed by atoms with E-state index in [0.717, 1.165) is 0 Å². The summed E-state index contributed by atoms with van der Waals surface area (Å²) in [5, 5.41) is 10.9. The van der Waals surface area contributed by atoms with Crippen LogP contribution in [-0.2, 0) is 14.3 Å². The van der Waals surface area contributed by atoms with Crippen molar-refractivity contribution in [2.24, 2.45) is 0 Å². The van der Waals surface area contributed by atoms with E-state index in [1.54, 1.807) is 13.8 Å². The fraction of sp³-hybridized carbons (Fsp3) is 0.429. The maximum Gasteiger partial charge on any atom is 0.280 e. The molecule has 0 radical (unpaired) electrons. The number of benzene rings is 1. The van der Waals surface area contributed by atoms with Crippen molar-refractivity contribution in [1.29, 1.82) is 0 Å². The summed E-state index contributed by atoms with van der Waals surface area (Å²) in [7, 11) is 0. The van der Waals surface area contributed by atoms with Crippen LogP contribution in [0.25, 0.3) is 0 Å². The molecule has 0 spiro atoms. The van der Waals surface area contributed by atoms with Crippen LogP contribution in [0.5, 0.6) is 0 Å². The van der Waals surface area contributed by atoms with Crippen molar-refractivity contribution in [2.75, 3.05) is 13.2 Å². The second-order valence-corrected chi connectivity index (χ2v) is 4.08. The Labute approximate surface area is 122 Å². The van der Waals surface area contributed by atoms with Crippen LogP contribution in [0.4, 0.5) is 5.69 Å². The van der Waals surface area contributed by atoms with Crippen LogP contribution in [0.3, 0.4) is 0 Å². The lowest BCUT2D eigenvalue weighted by Crippen LogP contribution is -2.29. The lowest BCUT2D eigenvalue weighted by Gasteiger charge is -2.15. The molecule has 0 saturated carbocycles. The van der Waals surface area contributed by atoms with Crippen LogP contribution in [0.2, 0.25) is 0 Å². The third-order valence-corrected chi connectivity index (χ3v) is 2.63. The minimum absolute atomic E-state index is 0.0948. The molecule has 0 aliphatic rings. The van der Waals surface area contributed by atoms with Crippen molar-refractivity contribution in [3.05, 3.63) is 39.9 Å². The highest BCUT2D eigenvalue weighted by atomic mass is 16.7. The molecule has 0 atom stereocenters. The van der Waals surface area contributed by atoms with Gasteiger partial charge in [-0.1, -0.05) is 12.1 Å². The van der Waals surface area contributed by atoms with Gasteiger partial charge >= 0.3 is 0 Å². The lowest BCUT2D eigenvalue weighted by atomic mass is 10.0. The van der Waals surface area contributed by atoms with E-state index in [4.69, 9.17) is 9.47 Å². The number of carbonyl (C=O) groups is 2. The van der Waals surface area contributed by atoms with E-state index in [2.05, 4.69) is 0 Å². The van der Waals surface area contributed by atoms with E-state index in [1.807, 2.05) is 0 Å². The van der Waals surface area contributed by atoms with Gasteiger partial charge < -0.3 is 9.47 Å². The molecule has 0 saturated heterocycles. The third kappa shape index (κ3) is 4.73. The minimum Gasteiger partial charge on any atom is -0.346 e. The Morgan fingerprint density at radius 2 is 1.76 bits per heavy atom. The van der Waals surface area contributed by atoms with E-state index >= 15 is 0 Å². The van der Waals surface area contributed by atoms with Crippen LogP contribution in [-0.4, -0.2) is 36.0 Å². The monoisotopic (exact) mass is 295 g/mol. The molecule has 0 aliphatic heterocycles. The molecule has 1 aromatic rings. The van der Waals surface area contributed by atoms with Gasteiger partial charge in [-0.2, -0.15) is 0 Å². The number of para-hydroxylation sites is 1. The van der Waals surface area contributed by atoms with E-state index in [1.165, 1.54) is 24.3 Å². The van der Waals surface area contributed by atoms with Crippen LogP contribution in [0.15, 0.2) is 24.3 Å². The summed E-state index contributed by atoms with van der Waals surface area (Å²) in [4.78, 5) is 34.2. The van der Waals surface area contributed by atoms with Gasteiger partial charge in [0.1, 0.15) is 0 Å². The molecular weight excluding hydrogens is 278 g/mol. The second-order valence-electron chi connectivity index (χ2n) is 4.08. The summed E-state index contributed by atoms with van der Waals surface area (Å²) in [5.41, 5.74) is -0.415. The third-order valence-electron chi connectivity index (χ3n) is 2.63. The Kier molecular flexibility index (Phi) is 6.64. The zero-order valence-corrected chi connectivity index (χ0v) is 11.9. The van der Waals surface area contributed by atoms with E-state index in [-0.39, 0.29) is 24.5 Å². The van der Waals surface area contributed by atoms with Crippen LogP contribution in [0.1, 0.15) is 30.6 Å². The normalized spacial score (nSPS) is 10.6. The highest BCUT2D eigenvalue weighted by Crippen LogP contribution is 2.19. The van der Waals surface area contributed by atoms with Gasteiger partial charge in [-0.25, -0.2) is 0 Å². The van der Waals surface area contributed by atoms with E-state index < -0.39 is 29.2 Å². The predicted molar refractivity (Wildman–Crippen MR) is 74.1 cm³/mol. The van der Waals surface area contributed by atoms with Gasteiger partial charge in [0.05, 0.1) is 16.9 Å². The number of ketones is 2. The quantitative estimate of drug-likeness (QED) is 0.228. The summed E-state index contributed by atoms with van der Waals surface area (Å²) in [6.45, 7) is 3.92. The largest absolute Gasteiger partial charge is 0.346 e. The van der Waals surface area contributed by atoms with Gasteiger partial charge in [0.15, 0.2) is 11.6 Å². The maximum absolute atomic E-state index is 12.1. The summed E-state index contributed by atoms with van der Waals surface area (Å²) in [6.07, 6.45) is -1.62. The molecule has 0 heterocycles. The van der Waals surface area contributed by atoms with E-state index in [9.17, 15) is 19.7 Å². The molecule has 114 valence electrons.